The Morgan fingerprint density at radius 2 is 1.71 bits per heavy atom. The van der Waals surface area contributed by atoms with E-state index in [1.165, 1.54) is 0 Å². The lowest BCUT2D eigenvalue weighted by atomic mass is 9.69. The molecule has 9 heteroatoms. The molecule has 220 valence electrons. The second-order valence-electron chi connectivity index (χ2n) is 10.3. The lowest BCUT2D eigenvalue weighted by Crippen LogP contribution is -2.39. The first-order valence-corrected chi connectivity index (χ1v) is 14.7. The zero-order valence-electron chi connectivity index (χ0n) is 24.7. The number of hydrogen-bond acceptors (Lipinski definition) is 8. The molecule has 1 heterocycles. The van der Waals surface area contributed by atoms with Gasteiger partial charge in [0.2, 0.25) is 0 Å². The van der Waals surface area contributed by atoms with Gasteiger partial charge in [0.05, 0.1) is 38.5 Å². The molecule has 2 aliphatic rings. The predicted molar refractivity (Wildman–Crippen MR) is 161 cm³/mol. The van der Waals surface area contributed by atoms with Crippen molar-refractivity contribution in [3.8, 4) is 23.0 Å². The monoisotopic (exact) mass is 627 g/mol. The first-order chi connectivity index (χ1) is 19.7. The summed E-state index contributed by atoms with van der Waals surface area (Å²) in [5.74, 6) is 0.452. The van der Waals surface area contributed by atoms with Crippen LogP contribution in [0.2, 0.25) is 0 Å². The molecule has 4 rings (SSSR count). The molecule has 0 bridgehead atoms. The maximum Gasteiger partial charge on any atom is 0.315 e. The van der Waals surface area contributed by atoms with Crippen molar-refractivity contribution >= 4 is 33.4 Å². The summed E-state index contributed by atoms with van der Waals surface area (Å²) in [6.45, 7) is 7.99. The van der Waals surface area contributed by atoms with Gasteiger partial charge in [-0.25, -0.2) is 0 Å². The van der Waals surface area contributed by atoms with Crippen LogP contribution in [-0.2, 0) is 14.3 Å². The minimum absolute atomic E-state index is 0.0430. The molecule has 41 heavy (non-hydrogen) atoms. The van der Waals surface area contributed by atoms with E-state index < -0.39 is 17.8 Å². The highest BCUT2D eigenvalue weighted by atomic mass is 79.9. The average molecular weight is 629 g/mol. The molecule has 0 amide bonds. The van der Waals surface area contributed by atoms with Crippen molar-refractivity contribution in [2.75, 3.05) is 27.9 Å². The SMILES string of the molecule is CCOc1cc([C@H]2C3=C(C[C@@H](c4ccc(OC)c(OC)c4)CC3=O)N=C(C)C2C(=O)O[C@H](C)CC)cc(Br)c1OC. The molecular weight excluding hydrogens is 590 g/mol. The van der Waals surface area contributed by atoms with E-state index >= 15 is 0 Å². The van der Waals surface area contributed by atoms with Gasteiger partial charge in [-0.2, -0.15) is 0 Å². The fourth-order valence-corrected chi connectivity index (χ4v) is 6.27. The van der Waals surface area contributed by atoms with Gasteiger partial charge >= 0.3 is 5.97 Å². The van der Waals surface area contributed by atoms with E-state index in [0.717, 1.165) is 11.1 Å². The molecule has 0 radical (unpaired) electrons. The van der Waals surface area contributed by atoms with Gasteiger partial charge in [-0.3, -0.25) is 14.6 Å². The van der Waals surface area contributed by atoms with E-state index in [9.17, 15) is 9.59 Å². The summed E-state index contributed by atoms with van der Waals surface area (Å²) in [4.78, 5) is 32.6. The van der Waals surface area contributed by atoms with Crippen molar-refractivity contribution in [1.29, 1.82) is 0 Å². The van der Waals surface area contributed by atoms with E-state index in [1.54, 1.807) is 21.3 Å². The predicted octanol–water partition coefficient (Wildman–Crippen LogP) is 6.79. The summed E-state index contributed by atoms with van der Waals surface area (Å²) in [5.41, 5.74) is 3.59. The van der Waals surface area contributed by atoms with E-state index in [0.29, 0.717) is 63.9 Å². The maximum absolute atomic E-state index is 14.0. The number of nitrogens with zero attached hydrogens (tertiary/aromatic N) is 1. The van der Waals surface area contributed by atoms with Crippen molar-refractivity contribution in [3.63, 3.8) is 0 Å². The number of ether oxygens (including phenoxy) is 5. The average Bonchev–Trinajstić information content (AvgIpc) is 2.95. The first-order valence-electron chi connectivity index (χ1n) is 13.9. The number of aliphatic imine (C=N–C) groups is 1. The normalized spacial score (nSPS) is 21.0. The molecule has 0 fully saturated rings. The van der Waals surface area contributed by atoms with Gasteiger partial charge < -0.3 is 23.7 Å². The summed E-state index contributed by atoms with van der Waals surface area (Å²) in [5, 5.41) is 0. The highest BCUT2D eigenvalue weighted by molar-refractivity contribution is 9.10. The van der Waals surface area contributed by atoms with Crippen molar-refractivity contribution in [1.82, 2.24) is 0 Å². The molecule has 1 aliphatic carbocycles. The zero-order chi connectivity index (χ0) is 29.8. The first kappa shape index (κ1) is 30.6. The van der Waals surface area contributed by atoms with Gasteiger partial charge in [0, 0.05) is 29.3 Å². The Morgan fingerprint density at radius 1 is 1.00 bits per heavy atom. The number of hydrogen-bond donors (Lipinski definition) is 0. The van der Waals surface area contributed by atoms with Crippen LogP contribution in [0.4, 0.5) is 0 Å². The number of methoxy groups -OCH3 is 3. The van der Waals surface area contributed by atoms with E-state index in [-0.39, 0.29) is 24.2 Å². The Morgan fingerprint density at radius 3 is 2.34 bits per heavy atom. The molecule has 2 aromatic carbocycles. The molecule has 0 aromatic heterocycles. The van der Waals surface area contributed by atoms with Crippen LogP contribution < -0.4 is 18.9 Å². The van der Waals surface area contributed by atoms with Gasteiger partial charge in [-0.1, -0.05) is 13.0 Å². The quantitative estimate of drug-likeness (QED) is 0.268. The molecule has 8 nitrogen and oxygen atoms in total. The number of carbonyl (C=O) groups is 2. The van der Waals surface area contributed by atoms with Crippen molar-refractivity contribution in [2.45, 2.75) is 64.9 Å². The number of benzene rings is 2. The van der Waals surface area contributed by atoms with Gasteiger partial charge in [0.15, 0.2) is 28.8 Å². The van der Waals surface area contributed by atoms with Crippen LogP contribution in [0, 0.1) is 5.92 Å². The maximum atomic E-state index is 14.0. The summed E-state index contributed by atoms with van der Waals surface area (Å²) in [6, 6.07) is 9.49. The molecule has 0 saturated carbocycles. The molecule has 1 aliphatic heterocycles. The fraction of sp³-hybridized carbons (Fsp3) is 0.469. The van der Waals surface area contributed by atoms with Crippen LogP contribution in [0.1, 0.15) is 69.9 Å². The molecule has 4 atom stereocenters. The second-order valence-corrected chi connectivity index (χ2v) is 11.2. The molecule has 1 unspecified atom stereocenters. The lowest BCUT2D eigenvalue weighted by molar-refractivity contribution is -0.151. The smallest absolute Gasteiger partial charge is 0.315 e. The number of esters is 1. The van der Waals surface area contributed by atoms with Gasteiger partial charge in [0.25, 0.3) is 0 Å². The van der Waals surface area contributed by atoms with Crippen molar-refractivity contribution in [3.05, 3.63) is 57.2 Å². The summed E-state index contributed by atoms with van der Waals surface area (Å²) >= 11 is 3.61. The minimum Gasteiger partial charge on any atom is -0.493 e. The zero-order valence-corrected chi connectivity index (χ0v) is 26.3. The van der Waals surface area contributed by atoms with Gasteiger partial charge in [0.1, 0.15) is 5.92 Å². The summed E-state index contributed by atoms with van der Waals surface area (Å²) < 4.78 is 28.9. The number of allylic oxidation sites excluding steroid dienone is 2. The largest absolute Gasteiger partial charge is 0.493 e. The van der Waals surface area contributed by atoms with E-state index in [2.05, 4.69) is 15.9 Å². The number of rotatable bonds is 10. The Bertz CT molecular complexity index is 1380. The Kier molecular flexibility index (Phi) is 9.79. The van der Waals surface area contributed by atoms with E-state index in [4.69, 9.17) is 28.7 Å². The van der Waals surface area contributed by atoms with Crippen LogP contribution in [0.3, 0.4) is 0 Å². The Balaban J connectivity index is 1.84. The van der Waals surface area contributed by atoms with Crippen LogP contribution in [-0.4, -0.2) is 51.5 Å². The second kappa shape index (κ2) is 13.1. The summed E-state index contributed by atoms with van der Waals surface area (Å²) in [6.07, 6.45) is 1.25. The molecule has 0 saturated heterocycles. The number of carbonyl (C=O) groups excluding carboxylic acids is 2. The summed E-state index contributed by atoms with van der Waals surface area (Å²) in [7, 11) is 4.76. The van der Waals surface area contributed by atoms with E-state index in [1.807, 2.05) is 58.0 Å². The fourth-order valence-electron chi connectivity index (χ4n) is 5.65. The Labute approximate surface area is 250 Å². The highest BCUT2D eigenvalue weighted by Crippen LogP contribution is 2.50. The van der Waals surface area contributed by atoms with Gasteiger partial charge in [-0.15, -0.1) is 0 Å². The van der Waals surface area contributed by atoms with Crippen LogP contribution in [0.25, 0.3) is 0 Å². The van der Waals surface area contributed by atoms with Crippen molar-refractivity contribution < 1.29 is 33.3 Å². The van der Waals surface area contributed by atoms with Gasteiger partial charge in [-0.05, 0) is 90.9 Å². The topological polar surface area (TPSA) is 92.7 Å². The molecule has 0 spiro atoms. The number of halogens is 1. The molecule has 0 N–H and O–H groups in total. The van der Waals surface area contributed by atoms with Crippen LogP contribution in [0.15, 0.2) is 51.1 Å². The lowest BCUT2D eigenvalue weighted by Gasteiger charge is -2.37. The highest BCUT2D eigenvalue weighted by Gasteiger charge is 2.45. The molecular formula is C32H38BrNO7. The number of ketones is 1. The molecule has 2 aromatic rings. The standard InChI is InChI=1S/C32H38BrNO7/c1-8-17(3)41-32(36)28-18(4)34-23-13-20(19-10-11-25(37-5)26(15-19)38-6)14-24(35)30(23)29(28)21-12-22(33)31(39-7)27(16-21)40-9-2/h10-12,15-17,20,28-29H,8-9,13-14H2,1-7H3/t17-,20-,28?,29-/m1/s1. The van der Waals surface area contributed by atoms with Crippen molar-refractivity contribution in [2.24, 2.45) is 10.9 Å². The number of Topliss-reactive ketones (excluding diaryl/α,β-unsaturated/α-hetero) is 1. The third-order valence-electron chi connectivity index (χ3n) is 7.81. The minimum atomic E-state index is -0.751. The third kappa shape index (κ3) is 6.15. The third-order valence-corrected chi connectivity index (χ3v) is 8.40. The van der Waals surface area contributed by atoms with Crippen LogP contribution in [0.5, 0.6) is 23.0 Å². The Hall–Kier alpha value is -3.33. The van der Waals surface area contributed by atoms with Crippen LogP contribution >= 0.6 is 15.9 Å².